The van der Waals surface area contributed by atoms with Crippen molar-refractivity contribution in [3.8, 4) is 5.75 Å². The topological polar surface area (TPSA) is 44.1 Å². The third kappa shape index (κ3) is 2.39. The van der Waals surface area contributed by atoms with Gasteiger partial charge in [0.25, 0.3) is 0 Å². The molecule has 1 unspecified atom stereocenters. The Morgan fingerprint density at radius 1 is 1.47 bits per heavy atom. The van der Waals surface area contributed by atoms with Crippen molar-refractivity contribution in [2.75, 3.05) is 7.11 Å². The molecule has 19 heavy (non-hydrogen) atoms. The van der Waals surface area contributed by atoms with Crippen LogP contribution in [-0.4, -0.2) is 22.7 Å². The summed E-state index contributed by atoms with van der Waals surface area (Å²) in [5.74, 6) is 1.12. The first-order valence-corrected chi connectivity index (χ1v) is 7.21. The lowest BCUT2D eigenvalue weighted by atomic mass is 9.94. The molecule has 0 aliphatic heterocycles. The van der Waals surface area contributed by atoms with E-state index in [1.807, 2.05) is 23.0 Å². The van der Waals surface area contributed by atoms with E-state index in [2.05, 4.69) is 21.0 Å². The summed E-state index contributed by atoms with van der Waals surface area (Å²) < 4.78 is 8.13. The van der Waals surface area contributed by atoms with Crippen molar-refractivity contribution in [2.24, 2.45) is 0 Å². The number of carbonyl (C=O) groups excluding carboxylic acids is 1. The van der Waals surface area contributed by atoms with Crippen LogP contribution in [0.4, 0.5) is 0 Å². The zero-order valence-corrected chi connectivity index (χ0v) is 12.3. The fourth-order valence-electron chi connectivity index (χ4n) is 2.61. The van der Waals surface area contributed by atoms with Crippen molar-refractivity contribution in [3.05, 3.63) is 22.8 Å². The second kappa shape index (κ2) is 4.96. The number of benzene rings is 1. The van der Waals surface area contributed by atoms with Crippen LogP contribution in [0.3, 0.4) is 0 Å². The van der Waals surface area contributed by atoms with E-state index >= 15 is 0 Å². The highest BCUT2D eigenvalue weighted by Gasteiger charge is 2.22. The van der Waals surface area contributed by atoms with Crippen LogP contribution >= 0.6 is 15.9 Å². The van der Waals surface area contributed by atoms with E-state index in [9.17, 15) is 4.79 Å². The van der Waals surface area contributed by atoms with Gasteiger partial charge in [-0.3, -0.25) is 9.48 Å². The van der Waals surface area contributed by atoms with E-state index in [-0.39, 0.29) is 6.04 Å². The van der Waals surface area contributed by atoms with Gasteiger partial charge in [-0.2, -0.15) is 5.10 Å². The van der Waals surface area contributed by atoms with E-state index in [0.717, 1.165) is 40.4 Å². The molecule has 1 saturated carbocycles. The number of aromatic nitrogens is 2. The van der Waals surface area contributed by atoms with Crippen molar-refractivity contribution in [2.45, 2.75) is 31.7 Å². The first kappa shape index (κ1) is 12.7. The Balaban J connectivity index is 1.99. The maximum absolute atomic E-state index is 11.5. The largest absolute Gasteiger partial charge is 0.495 e. The van der Waals surface area contributed by atoms with Gasteiger partial charge in [-0.1, -0.05) is 0 Å². The van der Waals surface area contributed by atoms with Crippen LogP contribution < -0.4 is 4.74 Å². The number of Topliss-reactive ketones (excluding diaryl/α,β-unsaturated/α-hetero) is 1. The zero-order chi connectivity index (χ0) is 13.4. The number of halogens is 1. The van der Waals surface area contributed by atoms with E-state index in [1.54, 1.807) is 7.11 Å². The molecule has 1 aromatic heterocycles. The second-order valence-corrected chi connectivity index (χ2v) is 5.80. The summed E-state index contributed by atoms with van der Waals surface area (Å²) in [5.41, 5.74) is 0.901. The first-order chi connectivity index (χ1) is 9.17. The van der Waals surface area contributed by atoms with E-state index < -0.39 is 0 Å². The lowest BCUT2D eigenvalue weighted by Crippen LogP contribution is -2.19. The fraction of sp³-hybridized carbons (Fsp3) is 0.429. The third-order valence-corrected chi connectivity index (χ3v) is 4.25. The number of nitrogens with zero attached hydrogens (tertiary/aromatic N) is 2. The number of carbonyl (C=O) groups is 1. The highest BCUT2D eigenvalue weighted by Crippen LogP contribution is 2.32. The molecule has 1 fully saturated rings. The van der Waals surface area contributed by atoms with Crippen LogP contribution in [0.1, 0.15) is 31.7 Å². The molecular formula is C14H15BrN2O2. The average Bonchev–Trinajstić information content (AvgIpc) is 2.80. The van der Waals surface area contributed by atoms with Gasteiger partial charge in [0.15, 0.2) is 0 Å². The Labute approximate surface area is 119 Å². The molecule has 1 atom stereocenters. The molecule has 0 spiro atoms. The molecule has 1 aromatic carbocycles. The first-order valence-electron chi connectivity index (χ1n) is 6.41. The minimum atomic E-state index is 0.207. The molecule has 0 saturated heterocycles. The molecule has 0 radical (unpaired) electrons. The van der Waals surface area contributed by atoms with Gasteiger partial charge in [0.1, 0.15) is 11.5 Å². The Bertz CT molecular complexity index is 636. The minimum Gasteiger partial charge on any atom is -0.495 e. The number of fused-ring (bicyclic) bond motifs is 1. The Kier molecular flexibility index (Phi) is 3.31. The molecule has 0 amide bonds. The smallest absolute Gasteiger partial charge is 0.135 e. The Hall–Kier alpha value is -1.36. The molecule has 5 heteroatoms. The van der Waals surface area contributed by atoms with Gasteiger partial charge in [0.05, 0.1) is 23.1 Å². The number of methoxy groups -OCH3 is 1. The van der Waals surface area contributed by atoms with E-state index in [4.69, 9.17) is 4.74 Å². The molecule has 3 rings (SSSR count). The summed E-state index contributed by atoms with van der Waals surface area (Å²) >= 11 is 3.48. The lowest BCUT2D eigenvalue weighted by molar-refractivity contribution is -0.121. The number of hydrogen-bond donors (Lipinski definition) is 0. The zero-order valence-electron chi connectivity index (χ0n) is 10.7. The quantitative estimate of drug-likeness (QED) is 0.850. The van der Waals surface area contributed by atoms with Crippen molar-refractivity contribution >= 4 is 32.6 Å². The van der Waals surface area contributed by atoms with Gasteiger partial charge < -0.3 is 4.74 Å². The molecule has 2 aromatic rings. The van der Waals surface area contributed by atoms with Crippen molar-refractivity contribution in [1.82, 2.24) is 9.78 Å². The van der Waals surface area contributed by atoms with Crippen LogP contribution in [0.5, 0.6) is 5.75 Å². The van der Waals surface area contributed by atoms with Crippen LogP contribution in [0.15, 0.2) is 22.8 Å². The minimum absolute atomic E-state index is 0.207. The number of rotatable bonds is 2. The molecule has 4 nitrogen and oxygen atoms in total. The highest BCUT2D eigenvalue weighted by atomic mass is 79.9. The van der Waals surface area contributed by atoms with Crippen molar-refractivity contribution < 1.29 is 9.53 Å². The third-order valence-electron chi connectivity index (χ3n) is 3.63. The van der Waals surface area contributed by atoms with E-state index in [0.29, 0.717) is 12.2 Å². The monoisotopic (exact) mass is 322 g/mol. The number of ketones is 1. The Morgan fingerprint density at radius 3 is 3.05 bits per heavy atom. The molecule has 1 aliphatic rings. The summed E-state index contributed by atoms with van der Waals surface area (Å²) in [5, 5.41) is 5.64. The molecule has 1 aliphatic carbocycles. The summed E-state index contributed by atoms with van der Waals surface area (Å²) in [6.45, 7) is 0. The van der Waals surface area contributed by atoms with Crippen LogP contribution in [0.25, 0.3) is 10.9 Å². The molecule has 0 N–H and O–H groups in total. The van der Waals surface area contributed by atoms with Gasteiger partial charge in [-0.25, -0.2) is 0 Å². The van der Waals surface area contributed by atoms with E-state index in [1.165, 1.54) is 0 Å². The summed E-state index contributed by atoms with van der Waals surface area (Å²) in [6.07, 6.45) is 5.33. The van der Waals surface area contributed by atoms with Crippen molar-refractivity contribution in [1.29, 1.82) is 0 Å². The van der Waals surface area contributed by atoms with Gasteiger partial charge in [0.2, 0.25) is 0 Å². The maximum atomic E-state index is 11.5. The summed E-state index contributed by atoms with van der Waals surface area (Å²) in [6, 6.07) is 4.13. The lowest BCUT2D eigenvalue weighted by Gasteiger charge is -2.20. The van der Waals surface area contributed by atoms with Gasteiger partial charge in [-0.05, 0) is 34.8 Å². The van der Waals surface area contributed by atoms with Crippen LogP contribution in [0.2, 0.25) is 0 Å². The predicted molar refractivity (Wildman–Crippen MR) is 76.5 cm³/mol. The Morgan fingerprint density at radius 2 is 2.32 bits per heavy atom. The maximum Gasteiger partial charge on any atom is 0.135 e. The standard InChI is InChI=1S/C14H15BrN2O2/c1-19-14-7-13-9(5-12(14)15)8-17(16-13)10-3-2-4-11(18)6-10/h5,7-8,10H,2-4,6H2,1H3. The normalized spacial score (nSPS) is 19.9. The van der Waals surface area contributed by atoms with Crippen LogP contribution in [-0.2, 0) is 4.79 Å². The highest BCUT2D eigenvalue weighted by molar-refractivity contribution is 9.10. The fourth-order valence-corrected chi connectivity index (χ4v) is 3.14. The number of hydrogen-bond acceptors (Lipinski definition) is 3. The van der Waals surface area contributed by atoms with Crippen LogP contribution in [0, 0.1) is 0 Å². The second-order valence-electron chi connectivity index (χ2n) is 4.94. The van der Waals surface area contributed by atoms with Gasteiger partial charge in [0, 0.05) is 30.5 Å². The molecule has 1 heterocycles. The summed E-state index contributed by atoms with van der Waals surface area (Å²) in [7, 11) is 1.64. The van der Waals surface area contributed by atoms with Gasteiger partial charge in [-0.15, -0.1) is 0 Å². The summed E-state index contributed by atoms with van der Waals surface area (Å²) in [4.78, 5) is 11.5. The average molecular weight is 323 g/mol. The predicted octanol–water partition coefficient (Wildman–Crippen LogP) is 3.49. The van der Waals surface area contributed by atoms with Gasteiger partial charge >= 0.3 is 0 Å². The SMILES string of the molecule is COc1cc2nn(C3CCCC(=O)C3)cc2cc1Br. The number of ether oxygens (including phenoxy) is 1. The molecule has 100 valence electrons. The van der Waals surface area contributed by atoms with Crippen molar-refractivity contribution in [3.63, 3.8) is 0 Å². The molecule has 0 bridgehead atoms. The molecular weight excluding hydrogens is 308 g/mol.